The van der Waals surface area contributed by atoms with Crippen molar-refractivity contribution >= 4 is 23.2 Å². The van der Waals surface area contributed by atoms with Crippen molar-refractivity contribution in [1.82, 2.24) is 4.90 Å². The fraction of sp³-hybridized carbons (Fsp3) is 0.500. The zero-order valence-corrected chi connectivity index (χ0v) is 12.5. The second-order valence-corrected chi connectivity index (χ2v) is 5.44. The summed E-state index contributed by atoms with van der Waals surface area (Å²) >= 11 is 6.13. The van der Waals surface area contributed by atoms with Gasteiger partial charge >= 0.3 is 6.18 Å². The van der Waals surface area contributed by atoms with Gasteiger partial charge in [0, 0.05) is 30.3 Å². The number of benzene rings is 1. The summed E-state index contributed by atoms with van der Waals surface area (Å²) in [4.78, 5) is 13.4. The van der Waals surface area contributed by atoms with Crippen molar-refractivity contribution in [2.75, 3.05) is 31.6 Å². The van der Waals surface area contributed by atoms with Gasteiger partial charge in [-0.05, 0) is 17.7 Å². The zero-order chi connectivity index (χ0) is 16.2. The third kappa shape index (κ3) is 5.47. The van der Waals surface area contributed by atoms with Gasteiger partial charge in [0.25, 0.3) is 0 Å². The first-order valence-electron chi connectivity index (χ1n) is 6.78. The summed E-state index contributed by atoms with van der Waals surface area (Å²) < 4.78 is 41.6. The molecule has 1 fully saturated rings. The minimum Gasteiger partial charge on any atom is -0.379 e. The number of ether oxygens (including phenoxy) is 1. The van der Waals surface area contributed by atoms with Gasteiger partial charge in [0.1, 0.15) is 6.42 Å². The van der Waals surface area contributed by atoms with Crippen LogP contribution in [-0.4, -0.2) is 43.3 Å². The van der Waals surface area contributed by atoms with Gasteiger partial charge in [-0.3, -0.25) is 9.69 Å². The Labute approximate surface area is 131 Å². The molecule has 0 atom stereocenters. The molecule has 22 heavy (non-hydrogen) atoms. The van der Waals surface area contributed by atoms with Crippen LogP contribution in [0.2, 0.25) is 5.02 Å². The molecule has 0 radical (unpaired) electrons. The maximum absolute atomic E-state index is 12.1. The van der Waals surface area contributed by atoms with Crippen LogP contribution in [0.15, 0.2) is 18.2 Å². The number of nitrogens with one attached hydrogen (secondary N) is 1. The van der Waals surface area contributed by atoms with Crippen LogP contribution >= 0.6 is 11.6 Å². The van der Waals surface area contributed by atoms with E-state index in [1.807, 2.05) is 0 Å². The standard InChI is InChI=1S/C14H16ClF3N2O2/c15-12-7-11(19-13(21)8-14(16,17)18)2-1-10(12)9-20-3-5-22-6-4-20/h1-2,7H,3-6,8-9H2,(H,19,21). The molecular formula is C14H16ClF3N2O2. The number of nitrogens with zero attached hydrogens (tertiary/aromatic N) is 1. The van der Waals surface area contributed by atoms with E-state index in [1.165, 1.54) is 6.07 Å². The van der Waals surface area contributed by atoms with Gasteiger partial charge in [0.15, 0.2) is 0 Å². The fourth-order valence-electron chi connectivity index (χ4n) is 2.14. The summed E-state index contributed by atoms with van der Waals surface area (Å²) in [6, 6.07) is 4.72. The molecule has 0 saturated carbocycles. The van der Waals surface area contributed by atoms with Gasteiger partial charge in [-0.25, -0.2) is 0 Å². The molecule has 1 amide bonds. The fourth-order valence-corrected chi connectivity index (χ4v) is 2.38. The number of carbonyl (C=O) groups is 1. The molecule has 0 aliphatic carbocycles. The van der Waals surface area contributed by atoms with E-state index in [4.69, 9.17) is 16.3 Å². The van der Waals surface area contributed by atoms with Crippen molar-refractivity contribution in [3.63, 3.8) is 0 Å². The van der Waals surface area contributed by atoms with Crippen molar-refractivity contribution in [3.8, 4) is 0 Å². The number of alkyl halides is 3. The summed E-state index contributed by atoms with van der Waals surface area (Å²) in [6.45, 7) is 3.59. The van der Waals surface area contributed by atoms with E-state index in [1.54, 1.807) is 12.1 Å². The second kappa shape index (κ2) is 7.30. The molecule has 1 aromatic carbocycles. The van der Waals surface area contributed by atoms with Crippen molar-refractivity contribution in [2.45, 2.75) is 19.1 Å². The third-order valence-corrected chi connectivity index (χ3v) is 3.55. The average molecular weight is 337 g/mol. The highest BCUT2D eigenvalue weighted by atomic mass is 35.5. The predicted molar refractivity (Wildman–Crippen MR) is 76.8 cm³/mol. The first kappa shape index (κ1) is 17.1. The molecule has 1 aliphatic heterocycles. The van der Waals surface area contributed by atoms with E-state index in [-0.39, 0.29) is 5.69 Å². The Balaban J connectivity index is 1.95. The quantitative estimate of drug-likeness (QED) is 0.918. The number of amides is 1. The molecule has 1 aliphatic rings. The molecule has 2 rings (SSSR count). The molecule has 1 saturated heterocycles. The summed E-state index contributed by atoms with van der Waals surface area (Å²) in [7, 11) is 0. The van der Waals surface area contributed by atoms with Crippen molar-refractivity contribution < 1.29 is 22.7 Å². The number of carbonyl (C=O) groups excluding carboxylic acids is 1. The highest BCUT2D eigenvalue weighted by molar-refractivity contribution is 6.31. The van der Waals surface area contributed by atoms with Crippen LogP contribution in [0.3, 0.4) is 0 Å². The first-order valence-corrected chi connectivity index (χ1v) is 7.16. The van der Waals surface area contributed by atoms with Crippen LogP contribution in [0.1, 0.15) is 12.0 Å². The first-order chi connectivity index (χ1) is 10.3. The molecule has 0 bridgehead atoms. The molecule has 1 aromatic rings. The average Bonchev–Trinajstić information content (AvgIpc) is 2.41. The van der Waals surface area contributed by atoms with E-state index < -0.39 is 18.5 Å². The molecule has 4 nitrogen and oxygen atoms in total. The summed E-state index contributed by atoms with van der Waals surface area (Å²) in [5, 5.41) is 2.61. The van der Waals surface area contributed by atoms with Crippen molar-refractivity contribution in [3.05, 3.63) is 28.8 Å². The molecule has 1 N–H and O–H groups in total. The largest absolute Gasteiger partial charge is 0.397 e. The number of morpholine rings is 1. The van der Waals surface area contributed by atoms with E-state index >= 15 is 0 Å². The summed E-state index contributed by atoms with van der Waals surface area (Å²) in [5.74, 6) is -1.11. The van der Waals surface area contributed by atoms with Crippen LogP contribution in [0.25, 0.3) is 0 Å². The molecule has 0 unspecified atom stereocenters. The van der Waals surface area contributed by atoms with E-state index in [2.05, 4.69) is 10.2 Å². The van der Waals surface area contributed by atoms with Crippen LogP contribution in [0.5, 0.6) is 0 Å². The summed E-state index contributed by atoms with van der Waals surface area (Å²) in [5.41, 5.74) is 1.11. The highest BCUT2D eigenvalue weighted by Crippen LogP contribution is 2.24. The lowest BCUT2D eigenvalue weighted by molar-refractivity contribution is -0.150. The Hall–Kier alpha value is -1.31. The normalized spacial score (nSPS) is 16.5. The van der Waals surface area contributed by atoms with Gasteiger partial charge in [-0.2, -0.15) is 13.2 Å². The smallest absolute Gasteiger partial charge is 0.379 e. The predicted octanol–water partition coefficient (Wildman–Crippen LogP) is 3.06. The van der Waals surface area contributed by atoms with Gasteiger partial charge in [-0.1, -0.05) is 17.7 Å². The molecule has 0 aromatic heterocycles. The van der Waals surface area contributed by atoms with Gasteiger partial charge < -0.3 is 10.1 Å². The number of hydrogen-bond acceptors (Lipinski definition) is 3. The number of halogens is 4. The monoisotopic (exact) mass is 336 g/mol. The Morgan fingerprint density at radius 2 is 2.00 bits per heavy atom. The van der Waals surface area contributed by atoms with Crippen LogP contribution in [0, 0.1) is 0 Å². The number of rotatable bonds is 4. The lowest BCUT2D eigenvalue weighted by atomic mass is 10.2. The van der Waals surface area contributed by atoms with Crippen LogP contribution < -0.4 is 5.32 Å². The molecule has 1 heterocycles. The molecule has 122 valence electrons. The van der Waals surface area contributed by atoms with Crippen molar-refractivity contribution in [1.29, 1.82) is 0 Å². The highest BCUT2D eigenvalue weighted by Gasteiger charge is 2.31. The van der Waals surface area contributed by atoms with Crippen LogP contribution in [0.4, 0.5) is 18.9 Å². The van der Waals surface area contributed by atoms with Crippen LogP contribution in [-0.2, 0) is 16.1 Å². The van der Waals surface area contributed by atoms with Gasteiger partial charge in [-0.15, -0.1) is 0 Å². The molecule has 0 spiro atoms. The second-order valence-electron chi connectivity index (χ2n) is 5.03. The minimum atomic E-state index is -4.52. The van der Waals surface area contributed by atoms with E-state index in [0.29, 0.717) is 24.8 Å². The topological polar surface area (TPSA) is 41.6 Å². The van der Waals surface area contributed by atoms with E-state index in [0.717, 1.165) is 18.7 Å². The number of anilines is 1. The zero-order valence-electron chi connectivity index (χ0n) is 11.8. The lowest BCUT2D eigenvalue weighted by Crippen LogP contribution is -2.35. The van der Waals surface area contributed by atoms with E-state index in [9.17, 15) is 18.0 Å². The maximum atomic E-state index is 12.1. The van der Waals surface area contributed by atoms with Gasteiger partial charge in [0.2, 0.25) is 5.91 Å². The van der Waals surface area contributed by atoms with Gasteiger partial charge in [0.05, 0.1) is 13.2 Å². The Bertz CT molecular complexity index is 531. The Kier molecular flexibility index (Phi) is 5.66. The Morgan fingerprint density at radius 1 is 1.32 bits per heavy atom. The Morgan fingerprint density at radius 3 is 2.59 bits per heavy atom. The van der Waals surface area contributed by atoms with Crippen molar-refractivity contribution in [2.24, 2.45) is 0 Å². The molecular weight excluding hydrogens is 321 g/mol. The SMILES string of the molecule is O=C(CC(F)(F)F)Nc1ccc(CN2CCOCC2)c(Cl)c1. The minimum absolute atomic E-state index is 0.255. The maximum Gasteiger partial charge on any atom is 0.397 e. The lowest BCUT2D eigenvalue weighted by Gasteiger charge is -2.27. The molecule has 8 heteroatoms. The number of hydrogen-bond donors (Lipinski definition) is 1. The third-order valence-electron chi connectivity index (χ3n) is 3.20. The summed E-state index contributed by atoms with van der Waals surface area (Å²) in [6.07, 6.45) is -6.04.